The molecule has 1 aromatic heterocycles. The Morgan fingerprint density at radius 3 is 2.34 bits per heavy atom. The maximum absolute atomic E-state index is 13.3. The molecular weight excluding hydrogens is 468 g/mol. The lowest BCUT2D eigenvalue weighted by Gasteiger charge is -2.52. The lowest BCUT2D eigenvalue weighted by Crippen LogP contribution is -2.52. The molecule has 3 atom stereocenters. The predicted molar refractivity (Wildman–Crippen MR) is 133 cm³/mol. The minimum absolute atomic E-state index is 0.218. The summed E-state index contributed by atoms with van der Waals surface area (Å²) in [5, 5.41) is 0. The molecule has 5 nitrogen and oxygen atoms in total. The fourth-order valence-corrected chi connectivity index (χ4v) is 6.06. The summed E-state index contributed by atoms with van der Waals surface area (Å²) in [6.45, 7) is 22.8. The molecule has 0 unspecified atom stereocenters. The van der Waals surface area contributed by atoms with E-state index in [9.17, 15) is 4.79 Å². The molecule has 0 aromatic carbocycles. The van der Waals surface area contributed by atoms with Gasteiger partial charge in [0.2, 0.25) is 0 Å². The largest absolute Gasteiger partial charge is 0.461 e. The summed E-state index contributed by atoms with van der Waals surface area (Å²) in [5.74, 6) is 0.253. The third kappa shape index (κ3) is 4.59. The Balaban J connectivity index is 2.16. The Kier molecular flexibility index (Phi) is 6.83. The number of esters is 1. The molecule has 2 aliphatic rings. The zero-order chi connectivity index (χ0) is 24.2. The third-order valence-electron chi connectivity index (χ3n) is 7.72. The maximum atomic E-state index is 13.3. The van der Waals surface area contributed by atoms with E-state index < -0.39 is 11.7 Å². The fourth-order valence-electron chi connectivity index (χ4n) is 5.51. The molecule has 2 fully saturated rings. The van der Waals surface area contributed by atoms with Gasteiger partial charge in [0.05, 0.1) is 27.6 Å². The number of carbonyl (C=O) groups excluding carboxylic acids is 1. The van der Waals surface area contributed by atoms with E-state index in [1.165, 1.54) is 12.8 Å². The minimum atomic E-state index is -0.836. The number of hydrogen-bond donors (Lipinski definition) is 0. The van der Waals surface area contributed by atoms with Gasteiger partial charge in [-0.15, -0.1) is 0 Å². The van der Waals surface area contributed by atoms with Crippen LogP contribution in [0.1, 0.15) is 91.3 Å². The molecule has 1 saturated heterocycles. The first kappa shape index (κ1) is 25.5. The normalized spacial score (nSPS) is 25.9. The number of carbonyl (C=O) groups is 1. The van der Waals surface area contributed by atoms with E-state index in [1.54, 1.807) is 0 Å². The van der Waals surface area contributed by atoms with Gasteiger partial charge < -0.3 is 14.4 Å². The number of aryl methyl sites for hydroxylation is 2. The predicted octanol–water partition coefficient (Wildman–Crippen LogP) is 6.53. The summed E-state index contributed by atoms with van der Waals surface area (Å²) in [7, 11) is 0. The van der Waals surface area contributed by atoms with E-state index in [0.29, 0.717) is 11.3 Å². The zero-order valence-electron chi connectivity index (χ0n) is 21.6. The molecule has 32 heavy (non-hydrogen) atoms. The van der Waals surface area contributed by atoms with Gasteiger partial charge in [0, 0.05) is 24.3 Å². The Labute approximate surface area is 202 Å². The molecule has 0 radical (unpaired) electrons. The van der Waals surface area contributed by atoms with Crippen molar-refractivity contribution in [2.45, 2.75) is 99.9 Å². The van der Waals surface area contributed by atoms with Crippen molar-refractivity contribution in [1.82, 2.24) is 4.98 Å². The average Bonchev–Trinajstić information content (AvgIpc) is 2.77. The van der Waals surface area contributed by atoms with Crippen molar-refractivity contribution in [2.24, 2.45) is 16.7 Å². The Hall–Kier alpha value is -1.14. The van der Waals surface area contributed by atoms with E-state index in [1.807, 2.05) is 48.5 Å². The van der Waals surface area contributed by atoms with Crippen LogP contribution in [-0.2, 0) is 14.3 Å². The molecule has 6 heteroatoms. The van der Waals surface area contributed by atoms with Gasteiger partial charge >= 0.3 is 5.97 Å². The second-order valence-corrected chi connectivity index (χ2v) is 12.6. The van der Waals surface area contributed by atoms with Crippen molar-refractivity contribution in [3.63, 3.8) is 0 Å². The zero-order valence-corrected chi connectivity index (χ0v) is 23.1. The molecule has 0 spiro atoms. The van der Waals surface area contributed by atoms with Crippen LogP contribution in [0.3, 0.4) is 0 Å². The van der Waals surface area contributed by atoms with Gasteiger partial charge in [-0.1, -0.05) is 20.8 Å². The maximum Gasteiger partial charge on any atom is 0.340 e. The fraction of sp³-hybridized carbons (Fsp3) is 0.769. The van der Waals surface area contributed by atoms with Crippen molar-refractivity contribution < 1.29 is 14.3 Å². The summed E-state index contributed by atoms with van der Waals surface area (Å²) in [6, 6.07) is 0. The third-order valence-corrected chi connectivity index (χ3v) is 8.67. The molecule has 1 aromatic rings. The molecule has 2 heterocycles. The van der Waals surface area contributed by atoms with Crippen LogP contribution in [0.2, 0.25) is 0 Å². The number of aromatic nitrogens is 1. The molecule has 0 N–H and O–H groups in total. The van der Waals surface area contributed by atoms with Crippen molar-refractivity contribution in [1.29, 1.82) is 0 Å². The number of rotatable bonds is 5. The molecule has 3 rings (SSSR count). The van der Waals surface area contributed by atoms with Gasteiger partial charge in [0.25, 0.3) is 0 Å². The van der Waals surface area contributed by atoms with Gasteiger partial charge in [-0.05, 0) is 94.0 Å². The Morgan fingerprint density at radius 2 is 1.81 bits per heavy atom. The van der Waals surface area contributed by atoms with Gasteiger partial charge in [0.15, 0.2) is 6.10 Å². The van der Waals surface area contributed by atoms with Crippen LogP contribution in [0.15, 0.2) is 4.47 Å². The van der Waals surface area contributed by atoms with Crippen molar-refractivity contribution >= 4 is 27.6 Å². The van der Waals surface area contributed by atoms with E-state index in [-0.39, 0.29) is 17.5 Å². The van der Waals surface area contributed by atoms with Crippen LogP contribution in [0.5, 0.6) is 0 Å². The Bertz CT molecular complexity index is 890. The van der Waals surface area contributed by atoms with E-state index in [2.05, 4.69) is 41.6 Å². The highest BCUT2D eigenvalue weighted by molar-refractivity contribution is 9.10. The van der Waals surface area contributed by atoms with Crippen LogP contribution < -0.4 is 4.90 Å². The first-order valence-corrected chi connectivity index (χ1v) is 12.7. The number of fused-ring (bicyclic) bond motifs is 2. The van der Waals surface area contributed by atoms with Gasteiger partial charge in [0.1, 0.15) is 0 Å². The molecule has 1 saturated carbocycles. The van der Waals surface area contributed by atoms with Gasteiger partial charge in [-0.25, -0.2) is 4.79 Å². The van der Waals surface area contributed by atoms with Gasteiger partial charge in [-0.2, -0.15) is 0 Å². The highest BCUT2D eigenvalue weighted by Gasteiger charge is 2.56. The number of ether oxygens (including phenoxy) is 2. The lowest BCUT2D eigenvalue weighted by molar-refractivity contribution is -0.171. The second-order valence-electron chi connectivity index (χ2n) is 11.9. The first-order chi connectivity index (χ1) is 14.6. The van der Waals surface area contributed by atoms with Crippen molar-refractivity contribution in [3.8, 4) is 0 Å². The monoisotopic (exact) mass is 508 g/mol. The molecule has 0 amide bonds. The molecule has 1 aliphatic heterocycles. The molecule has 180 valence electrons. The summed E-state index contributed by atoms with van der Waals surface area (Å²) in [4.78, 5) is 20.6. The number of anilines is 1. The summed E-state index contributed by atoms with van der Waals surface area (Å²) in [5.41, 5.74) is 3.61. The number of piperidine rings is 1. The quantitative estimate of drug-likeness (QED) is 0.423. The smallest absolute Gasteiger partial charge is 0.340 e. The van der Waals surface area contributed by atoms with E-state index >= 15 is 0 Å². The van der Waals surface area contributed by atoms with Crippen LogP contribution >= 0.6 is 15.9 Å². The van der Waals surface area contributed by atoms with Crippen molar-refractivity contribution in [3.05, 3.63) is 21.4 Å². The van der Waals surface area contributed by atoms with Crippen LogP contribution in [-0.4, -0.2) is 35.7 Å². The van der Waals surface area contributed by atoms with Crippen LogP contribution in [0.25, 0.3) is 0 Å². The average molecular weight is 510 g/mol. The van der Waals surface area contributed by atoms with Gasteiger partial charge in [-0.3, -0.25) is 4.98 Å². The van der Waals surface area contributed by atoms with E-state index in [4.69, 9.17) is 14.5 Å². The van der Waals surface area contributed by atoms with Crippen LogP contribution in [0, 0.1) is 30.6 Å². The first-order valence-electron chi connectivity index (χ1n) is 11.9. The van der Waals surface area contributed by atoms with Crippen molar-refractivity contribution in [2.75, 3.05) is 18.0 Å². The second kappa shape index (κ2) is 8.57. The lowest BCUT2D eigenvalue weighted by atomic mass is 9.63. The number of nitrogens with zero attached hydrogens (tertiary/aromatic N) is 2. The standard InChI is InChI=1S/C26H41BrN2O3/c1-15(2)31-23(30)22(32-24(5,6)7)19-16(3)28-17(4)20(27)21(19)29-13-18-11-12-26(10,14-29)25(18,8)9/h15,18,22H,11-14H2,1-10H3/t18-,22+,26-/m1/s1. The Morgan fingerprint density at radius 1 is 1.19 bits per heavy atom. The molecule has 1 aliphatic carbocycles. The SMILES string of the molecule is Cc1nc(C)c([C@H](OC(C)(C)C)C(=O)OC(C)C)c(N2C[C@H]3CC[C@](C)(C2)C3(C)C)c1Br. The summed E-state index contributed by atoms with van der Waals surface area (Å²) >= 11 is 3.84. The highest BCUT2D eigenvalue weighted by atomic mass is 79.9. The number of halogens is 1. The topological polar surface area (TPSA) is 51.7 Å². The minimum Gasteiger partial charge on any atom is -0.461 e. The van der Waals surface area contributed by atoms with E-state index in [0.717, 1.165) is 40.2 Å². The summed E-state index contributed by atoms with van der Waals surface area (Å²) in [6.07, 6.45) is 1.42. The molecule has 2 bridgehead atoms. The molecular formula is C26H41BrN2O3. The number of hydrogen-bond acceptors (Lipinski definition) is 5. The highest BCUT2D eigenvalue weighted by Crippen LogP contribution is 2.60. The number of pyridine rings is 1. The van der Waals surface area contributed by atoms with Crippen LogP contribution in [0.4, 0.5) is 5.69 Å². The summed E-state index contributed by atoms with van der Waals surface area (Å²) < 4.78 is 13.0.